The standard InChI is InChI=1S/C15H32O4S2Si/c1-5-10-15(16)21-13-12-20-11-9-14-22(17-6-2,18-7-3)19-8-4/h5-14H2,1-4H3. The van der Waals surface area contributed by atoms with E-state index in [9.17, 15) is 4.79 Å². The maximum Gasteiger partial charge on any atom is 0.500 e. The molecular weight excluding hydrogens is 336 g/mol. The Bertz CT molecular complexity index is 263. The van der Waals surface area contributed by atoms with E-state index in [1.807, 2.05) is 39.5 Å². The molecule has 7 heteroatoms. The lowest BCUT2D eigenvalue weighted by molar-refractivity contribution is -0.111. The molecular formula is C15H32O4S2Si. The highest BCUT2D eigenvalue weighted by Gasteiger charge is 2.39. The molecule has 0 aromatic carbocycles. The minimum Gasteiger partial charge on any atom is -0.374 e. The highest BCUT2D eigenvalue weighted by molar-refractivity contribution is 8.14. The van der Waals surface area contributed by atoms with Gasteiger partial charge in [0, 0.05) is 43.8 Å². The highest BCUT2D eigenvalue weighted by Crippen LogP contribution is 2.20. The van der Waals surface area contributed by atoms with Crippen molar-refractivity contribution in [2.45, 2.75) is 53.0 Å². The molecule has 0 aromatic rings. The zero-order chi connectivity index (χ0) is 16.7. The van der Waals surface area contributed by atoms with E-state index < -0.39 is 8.80 Å². The predicted molar refractivity (Wildman–Crippen MR) is 99.8 cm³/mol. The molecule has 4 nitrogen and oxygen atoms in total. The molecule has 0 saturated carbocycles. The molecule has 0 heterocycles. The molecule has 0 spiro atoms. The molecule has 132 valence electrons. The molecule has 0 rings (SSSR count). The summed E-state index contributed by atoms with van der Waals surface area (Å²) in [5.41, 5.74) is 0. The van der Waals surface area contributed by atoms with Crippen LogP contribution in [0.15, 0.2) is 0 Å². The second-order valence-electron chi connectivity index (χ2n) is 4.67. The molecule has 0 unspecified atom stereocenters. The van der Waals surface area contributed by atoms with Crippen molar-refractivity contribution in [3.05, 3.63) is 0 Å². The number of hydrogen-bond donors (Lipinski definition) is 0. The fourth-order valence-corrected chi connectivity index (χ4v) is 6.79. The first kappa shape index (κ1) is 22.5. The molecule has 0 N–H and O–H groups in total. The Balaban J connectivity index is 3.85. The second-order valence-corrected chi connectivity index (χ2v) is 9.78. The maximum atomic E-state index is 11.4. The van der Waals surface area contributed by atoms with Gasteiger partial charge in [0.15, 0.2) is 5.12 Å². The summed E-state index contributed by atoms with van der Waals surface area (Å²) in [5.74, 6) is 2.99. The van der Waals surface area contributed by atoms with E-state index in [4.69, 9.17) is 13.3 Å². The van der Waals surface area contributed by atoms with Crippen LogP contribution in [-0.2, 0) is 18.1 Å². The molecule has 0 amide bonds. The number of rotatable bonds is 15. The van der Waals surface area contributed by atoms with Gasteiger partial charge in [-0.25, -0.2) is 0 Å². The van der Waals surface area contributed by atoms with Gasteiger partial charge in [-0.05, 0) is 39.4 Å². The maximum absolute atomic E-state index is 11.4. The molecule has 0 aliphatic heterocycles. The predicted octanol–water partition coefficient (Wildman–Crippen LogP) is 4.22. The monoisotopic (exact) mass is 368 g/mol. The van der Waals surface area contributed by atoms with Crippen LogP contribution >= 0.6 is 23.5 Å². The molecule has 0 fully saturated rings. The summed E-state index contributed by atoms with van der Waals surface area (Å²) in [6.07, 6.45) is 2.67. The van der Waals surface area contributed by atoms with Crippen LogP contribution in [0.1, 0.15) is 47.0 Å². The Hall–Kier alpha value is 0.467. The van der Waals surface area contributed by atoms with Crippen molar-refractivity contribution < 1.29 is 18.1 Å². The third kappa shape index (κ3) is 11.1. The molecule has 0 atom stereocenters. The molecule has 0 radical (unpaired) electrons. The summed E-state index contributed by atoms with van der Waals surface area (Å²) in [4.78, 5) is 11.4. The fraction of sp³-hybridized carbons (Fsp3) is 0.933. The van der Waals surface area contributed by atoms with Gasteiger partial charge in [-0.3, -0.25) is 4.79 Å². The first-order valence-electron chi connectivity index (χ1n) is 8.29. The Labute approximate surface area is 145 Å². The van der Waals surface area contributed by atoms with Crippen molar-refractivity contribution in [1.82, 2.24) is 0 Å². The van der Waals surface area contributed by atoms with Gasteiger partial charge in [-0.1, -0.05) is 18.7 Å². The van der Waals surface area contributed by atoms with Crippen molar-refractivity contribution in [3.8, 4) is 0 Å². The van der Waals surface area contributed by atoms with Crippen molar-refractivity contribution in [2.24, 2.45) is 0 Å². The van der Waals surface area contributed by atoms with Crippen LogP contribution in [0, 0.1) is 0 Å². The van der Waals surface area contributed by atoms with E-state index in [0.717, 1.165) is 36.1 Å². The minimum atomic E-state index is -2.47. The van der Waals surface area contributed by atoms with Gasteiger partial charge in [-0.2, -0.15) is 11.8 Å². The lowest BCUT2D eigenvalue weighted by Crippen LogP contribution is -2.46. The first-order valence-corrected chi connectivity index (χ1v) is 12.4. The molecule has 0 saturated heterocycles. The lowest BCUT2D eigenvalue weighted by Gasteiger charge is -2.28. The molecule has 0 aromatic heterocycles. The fourth-order valence-electron chi connectivity index (χ4n) is 1.98. The van der Waals surface area contributed by atoms with Crippen molar-refractivity contribution >= 4 is 37.4 Å². The SMILES string of the molecule is CCCC(=O)SCCSCCC[Si](OCC)(OCC)OCC. The zero-order valence-corrected chi connectivity index (χ0v) is 17.2. The number of carbonyl (C=O) groups is 1. The molecule has 0 bridgehead atoms. The second kappa shape index (κ2) is 15.0. The smallest absolute Gasteiger partial charge is 0.374 e. The average Bonchev–Trinajstić information content (AvgIpc) is 2.47. The molecule has 22 heavy (non-hydrogen) atoms. The van der Waals surface area contributed by atoms with Crippen molar-refractivity contribution in [3.63, 3.8) is 0 Å². The van der Waals surface area contributed by atoms with E-state index in [2.05, 4.69) is 0 Å². The Morgan fingerprint density at radius 3 is 2.00 bits per heavy atom. The van der Waals surface area contributed by atoms with Gasteiger partial charge in [0.1, 0.15) is 0 Å². The van der Waals surface area contributed by atoms with E-state index in [1.165, 1.54) is 11.8 Å². The Morgan fingerprint density at radius 2 is 1.50 bits per heavy atom. The quantitative estimate of drug-likeness (QED) is 0.318. The highest BCUT2D eigenvalue weighted by atomic mass is 32.2. The first-order chi connectivity index (χ1) is 10.6. The largest absolute Gasteiger partial charge is 0.500 e. The van der Waals surface area contributed by atoms with Crippen molar-refractivity contribution in [1.29, 1.82) is 0 Å². The van der Waals surface area contributed by atoms with Gasteiger partial charge in [0.25, 0.3) is 0 Å². The third-order valence-electron chi connectivity index (χ3n) is 2.81. The average molecular weight is 369 g/mol. The number of thioether (sulfide) groups is 2. The van der Waals surface area contributed by atoms with Crippen LogP contribution in [-0.4, -0.2) is 51.0 Å². The van der Waals surface area contributed by atoms with Gasteiger partial charge in [0.05, 0.1) is 0 Å². The Kier molecular flexibility index (Phi) is 15.3. The zero-order valence-electron chi connectivity index (χ0n) is 14.5. The topological polar surface area (TPSA) is 44.8 Å². The number of hydrogen-bond acceptors (Lipinski definition) is 6. The van der Waals surface area contributed by atoms with Crippen LogP contribution in [0.2, 0.25) is 6.04 Å². The summed E-state index contributed by atoms with van der Waals surface area (Å²) in [5, 5.41) is 0.318. The summed E-state index contributed by atoms with van der Waals surface area (Å²) in [7, 11) is -2.47. The van der Waals surface area contributed by atoms with Crippen LogP contribution in [0.4, 0.5) is 0 Å². The van der Waals surface area contributed by atoms with E-state index in [1.54, 1.807) is 0 Å². The molecule has 0 aliphatic carbocycles. The van der Waals surface area contributed by atoms with E-state index >= 15 is 0 Å². The van der Waals surface area contributed by atoms with Gasteiger partial charge < -0.3 is 13.3 Å². The Morgan fingerprint density at radius 1 is 0.909 bits per heavy atom. The van der Waals surface area contributed by atoms with Gasteiger partial charge >= 0.3 is 8.80 Å². The summed E-state index contributed by atoms with van der Waals surface area (Å²) < 4.78 is 17.5. The van der Waals surface area contributed by atoms with E-state index in [0.29, 0.717) is 31.4 Å². The lowest BCUT2D eigenvalue weighted by atomic mass is 10.4. The van der Waals surface area contributed by atoms with Gasteiger partial charge in [0.2, 0.25) is 0 Å². The van der Waals surface area contributed by atoms with Crippen LogP contribution in [0.25, 0.3) is 0 Å². The molecule has 0 aliphatic rings. The third-order valence-corrected chi connectivity index (χ3v) is 8.22. The summed E-state index contributed by atoms with van der Waals surface area (Å²) in [6, 6.07) is 0.872. The minimum absolute atomic E-state index is 0.318. The number of carbonyl (C=O) groups excluding carboxylic acids is 1. The van der Waals surface area contributed by atoms with Crippen LogP contribution in [0.3, 0.4) is 0 Å². The van der Waals surface area contributed by atoms with Crippen molar-refractivity contribution in [2.75, 3.05) is 37.1 Å². The van der Waals surface area contributed by atoms with Gasteiger partial charge in [-0.15, -0.1) is 0 Å². The van der Waals surface area contributed by atoms with Crippen LogP contribution in [0.5, 0.6) is 0 Å². The summed E-state index contributed by atoms with van der Waals surface area (Å²) >= 11 is 3.35. The normalized spacial score (nSPS) is 11.8. The van der Waals surface area contributed by atoms with Crippen LogP contribution < -0.4 is 0 Å². The summed E-state index contributed by atoms with van der Waals surface area (Å²) in [6.45, 7) is 9.90. The van der Waals surface area contributed by atoms with E-state index in [-0.39, 0.29) is 0 Å².